The normalized spacial score (nSPS) is 10.3. The summed E-state index contributed by atoms with van der Waals surface area (Å²) in [5, 5.41) is 16.0. The van der Waals surface area contributed by atoms with Crippen LogP contribution in [0.3, 0.4) is 0 Å². The molecule has 0 aliphatic carbocycles. The number of nitrogens with zero attached hydrogens (tertiary/aromatic N) is 3. The fourth-order valence-electron chi connectivity index (χ4n) is 2.89. The number of anilines is 1. The van der Waals surface area contributed by atoms with Crippen LogP contribution in [0.1, 0.15) is 22.5 Å². The molecule has 3 rings (SSSR count). The van der Waals surface area contributed by atoms with Crippen molar-refractivity contribution in [3.05, 3.63) is 71.0 Å². The van der Waals surface area contributed by atoms with Gasteiger partial charge < -0.3 is 14.8 Å². The van der Waals surface area contributed by atoms with Crippen LogP contribution < -0.4 is 10.1 Å². The van der Waals surface area contributed by atoms with Crippen molar-refractivity contribution in [2.24, 2.45) is 0 Å². The number of hydrogen-bond donors (Lipinski definition) is 1. The Hall–Kier alpha value is -4.12. The lowest BCUT2D eigenvalue weighted by Crippen LogP contribution is -2.24. The average molecular weight is 418 g/mol. The summed E-state index contributed by atoms with van der Waals surface area (Å²) in [4.78, 5) is 24.1. The summed E-state index contributed by atoms with van der Waals surface area (Å²) in [6.07, 6.45) is 0. The number of aryl methyl sites for hydroxylation is 2. The van der Waals surface area contributed by atoms with E-state index in [1.807, 2.05) is 44.2 Å². The number of carbonyl (C=O) groups is 2. The quantitative estimate of drug-likeness (QED) is 0.591. The summed E-state index contributed by atoms with van der Waals surface area (Å²) in [6.45, 7) is 4.87. The van der Waals surface area contributed by atoms with Crippen molar-refractivity contribution in [2.75, 3.05) is 18.5 Å². The fourth-order valence-corrected chi connectivity index (χ4v) is 2.89. The lowest BCUT2D eigenvalue weighted by molar-refractivity contribution is -0.149. The second-order valence-corrected chi connectivity index (χ2v) is 6.93. The molecule has 1 heterocycles. The third-order valence-corrected chi connectivity index (χ3v) is 4.54. The van der Waals surface area contributed by atoms with E-state index in [4.69, 9.17) is 14.7 Å². The second-order valence-electron chi connectivity index (χ2n) is 6.93. The maximum atomic E-state index is 12.3. The van der Waals surface area contributed by atoms with Crippen molar-refractivity contribution < 1.29 is 19.1 Å². The van der Waals surface area contributed by atoms with Gasteiger partial charge in [-0.05, 0) is 57.2 Å². The van der Waals surface area contributed by atoms with E-state index < -0.39 is 18.5 Å². The lowest BCUT2D eigenvalue weighted by Gasteiger charge is -2.09. The Balaban J connectivity index is 1.53. The van der Waals surface area contributed by atoms with Crippen LogP contribution in [0, 0.1) is 32.1 Å². The van der Waals surface area contributed by atoms with E-state index in [1.165, 1.54) is 0 Å². The predicted octanol–water partition coefficient (Wildman–Crippen LogP) is 3.23. The van der Waals surface area contributed by atoms with Crippen molar-refractivity contribution in [3.63, 3.8) is 0 Å². The molecule has 0 saturated carbocycles. The maximum Gasteiger partial charge on any atom is 0.344 e. The van der Waals surface area contributed by atoms with Crippen molar-refractivity contribution in [3.8, 4) is 17.5 Å². The molecule has 0 aliphatic heterocycles. The smallest absolute Gasteiger partial charge is 0.344 e. The van der Waals surface area contributed by atoms with Crippen LogP contribution in [0.5, 0.6) is 5.75 Å². The largest absolute Gasteiger partial charge is 0.482 e. The Morgan fingerprint density at radius 1 is 1.03 bits per heavy atom. The number of ether oxygens (including phenoxy) is 2. The highest BCUT2D eigenvalue weighted by Gasteiger charge is 2.16. The van der Waals surface area contributed by atoms with E-state index in [2.05, 4.69) is 10.4 Å². The molecule has 0 radical (unpaired) electrons. The second kappa shape index (κ2) is 9.59. The SMILES string of the molecule is Cc1ccc(-n2nc(C)c(NC(=O)COC(=O)COc3ccc(C#N)cc3)c2C)cc1. The van der Waals surface area contributed by atoms with E-state index >= 15 is 0 Å². The summed E-state index contributed by atoms with van der Waals surface area (Å²) in [5.74, 6) is -0.722. The molecule has 0 unspecified atom stereocenters. The van der Waals surface area contributed by atoms with Gasteiger partial charge in [0, 0.05) is 0 Å². The Labute approximate surface area is 180 Å². The van der Waals surface area contributed by atoms with Gasteiger partial charge in [-0.2, -0.15) is 10.4 Å². The standard InChI is InChI=1S/C23H22N4O4/c1-15-4-8-19(9-5-15)27-17(3)23(16(2)26-27)25-21(28)13-31-22(29)14-30-20-10-6-18(12-24)7-11-20/h4-11H,13-14H2,1-3H3,(H,25,28). The summed E-state index contributed by atoms with van der Waals surface area (Å²) in [6, 6.07) is 16.2. The van der Waals surface area contributed by atoms with Gasteiger partial charge >= 0.3 is 5.97 Å². The van der Waals surface area contributed by atoms with E-state index in [0.717, 1.165) is 16.9 Å². The topological polar surface area (TPSA) is 106 Å². The van der Waals surface area contributed by atoms with Crippen LogP contribution >= 0.6 is 0 Å². The minimum absolute atomic E-state index is 0.345. The number of benzene rings is 2. The number of nitriles is 1. The molecule has 0 spiro atoms. The molecule has 0 bridgehead atoms. The van der Waals surface area contributed by atoms with Crippen LogP contribution in [0.4, 0.5) is 5.69 Å². The van der Waals surface area contributed by atoms with Crippen LogP contribution in [0.25, 0.3) is 5.69 Å². The third kappa shape index (κ3) is 5.48. The molecule has 0 saturated heterocycles. The Bertz CT molecular complexity index is 1130. The molecule has 1 amide bonds. The number of esters is 1. The van der Waals surface area contributed by atoms with Crippen LogP contribution in [0.2, 0.25) is 0 Å². The van der Waals surface area contributed by atoms with E-state index in [9.17, 15) is 9.59 Å². The fraction of sp³-hybridized carbons (Fsp3) is 0.217. The zero-order chi connectivity index (χ0) is 22.4. The number of amides is 1. The molecule has 31 heavy (non-hydrogen) atoms. The maximum absolute atomic E-state index is 12.3. The molecule has 0 fully saturated rings. The van der Waals surface area contributed by atoms with Crippen molar-refractivity contribution in [2.45, 2.75) is 20.8 Å². The predicted molar refractivity (Wildman–Crippen MR) is 114 cm³/mol. The van der Waals surface area contributed by atoms with E-state index in [0.29, 0.717) is 22.7 Å². The van der Waals surface area contributed by atoms with Gasteiger partial charge in [0.2, 0.25) is 0 Å². The highest BCUT2D eigenvalue weighted by atomic mass is 16.6. The van der Waals surface area contributed by atoms with Gasteiger partial charge in [0.15, 0.2) is 13.2 Å². The highest BCUT2D eigenvalue weighted by Crippen LogP contribution is 2.23. The average Bonchev–Trinajstić information content (AvgIpc) is 3.05. The molecule has 1 N–H and O–H groups in total. The monoisotopic (exact) mass is 418 g/mol. The van der Waals surface area contributed by atoms with Crippen molar-refractivity contribution in [1.82, 2.24) is 9.78 Å². The number of carbonyl (C=O) groups excluding carboxylic acids is 2. The summed E-state index contributed by atoms with van der Waals surface area (Å²) < 4.78 is 12.0. The number of nitrogens with one attached hydrogen (secondary N) is 1. The van der Waals surface area contributed by atoms with Crippen molar-refractivity contribution in [1.29, 1.82) is 5.26 Å². The Morgan fingerprint density at radius 3 is 2.35 bits per heavy atom. The molecule has 8 nitrogen and oxygen atoms in total. The minimum Gasteiger partial charge on any atom is -0.482 e. The van der Waals surface area contributed by atoms with E-state index in [1.54, 1.807) is 35.9 Å². The van der Waals surface area contributed by atoms with Crippen LogP contribution in [-0.2, 0) is 14.3 Å². The zero-order valence-corrected chi connectivity index (χ0v) is 17.5. The number of hydrogen-bond acceptors (Lipinski definition) is 6. The van der Waals surface area contributed by atoms with Gasteiger partial charge in [-0.15, -0.1) is 0 Å². The van der Waals surface area contributed by atoms with Crippen LogP contribution in [-0.4, -0.2) is 34.9 Å². The first kappa shape index (κ1) is 21.6. The first-order valence-corrected chi connectivity index (χ1v) is 9.59. The summed E-state index contributed by atoms with van der Waals surface area (Å²) in [5.41, 5.74) is 4.52. The summed E-state index contributed by atoms with van der Waals surface area (Å²) >= 11 is 0. The zero-order valence-electron chi connectivity index (χ0n) is 17.5. The molecule has 3 aromatic rings. The summed E-state index contributed by atoms with van der Waals surface area (Å²) in [7, 11) is 0. The highest BCUT2D eigenvalue weighted by molar-refractivity contribution is 5.94. The molecule has 158 valence electrons. The molecule has 1 aromatic heterocycles. The van der Waals surface area contributed by atoms with Crippen molar-refractivity contribution >= 4 is 17.6 Å². The first-order valence-electron chi connectivity index (χ1n) is 9.59. The lowest BCUT2D eigenvalue weighted by atomic mass is 10.2. The third-order valence-electron chi connectivity index (χ3n) is 4.54. The first-order chi connectivity index (χ1) is 14.9. The van der Waals surface area contributed by atoms with Crippen LogP contribution in [0.15, 0.2) is 48.5 Å². The molecule has 8 heteroatoms. The van der Waals surface area contributed by atoms with Gasteiger partial charge in [0.05, 0.1) is 34.4 Å². The Kier molecular flexibility index (Phi) is 6.67. The molecular formula is C23H22N4O4. The molecular weight excluding hydrogens is 396 g/mol. The minimum atomic E-state index is -0.677. The van der Waals surface area contributed by atoms with E-state index in [-0.39, 0.29) is 6.61 Å². The number of rotatable bonds is 7. The van der Waals surface area contributed by atoms with Gasteiger partial charge in [0.1, 0.15) is 5.75 Å². The molecule has 2 aromatic carbocycles. The van der Waals surface area contributed by atoms with Gasteiger partial charge in [0.25, 0.3) is 5.91 Å². The van der Waals surface area contributed by atoms with Gasteiger partial charge in [-0.25, -0.2) is 9.48 Å². The van der Waals surface area contributed by atoms with Gasteiger partial charge in [-0.1, -0.05) is 17.7 Å². The Morgan fingerprint density at radius 2 is 1.71 bits per heavy atom. The number of aromatic nitrogens is 2. The molecule has 0 atom stereocenters. The van der Waals surface area contributed by atoms with Gasteiger partial charge in [-0.3, -0.25) is 4.79 Å². The molecule has 0 aliphatic rings.